The molecule has 100 valence electrons. The zero-order valence-electron chi connectivity index (χ0n) is 11.3. The van der Waals surface area contributed by atoms with Crippen LogP contribution >= 0.6 is 0 Å². The molecule has 0 radical (unpaired) electrons. The van der Waals surface area contributed by atoms with Crippen LogP contribution in [0, 0.1) is 13.8 Å². The molecule has 0 atom stereocenters. The number of hydrogen-bond acceptors (Lipinski definition) is 2. The summed E-state index contributed by atoms with van der Waals surface area (Å²) in [6.07, 6.45) is 1.85. The second-order valence-corrected chi connectivity index (χ2v) is 4.81. The minimum atomic E-state index is -1.00. The number of carboxylic acid groups (broad SMARTS) is 1. The van der Waals surface area contributed by atoms with E-state index in [-0.39, 0.29) is 5.69 Å². The molecule has 2 aromatic heterocycles. The third-order valence-corrected chi connectivity index (χ3v) is 3.45. The quantitative estimate of drug-likeness (QED) is 0.774. The number of benzene rings is 1. The summed E-state index contributed by atoms with van der Waals surface area (Å²) >= 11 is 0. The van der Waals surface area contributed by atoms with Gasteiger partial charge in [0.2, 0.25) is 0 Å². The van der Waals surface area contributed by atoms with Gasteiger partial charge in [0.15, 0.2) is 5.69 Å². The first-order chi connectivity index (χ1) is 9.59. The highest BCUT2D eigenvalue weighted by atomic mass is 16.4. The van der Waals surface area contributed by atoms with Crippen molar-refractivity contribution in [2.75, 3.05) is 0 Å². The van der Waals surface area contributed by atoms with Crippen molar-refractivity contribution in [2.24, 2.45) is 0 Å². The molecule has 0 saturated heterocycles. The molecule has 0 saturated carbocycles. The molecular weight excluding hydrogens is 252 g/mol. The number of carbonyl (C=O) groups is 1. The number of aromatic carboxylic acids is 1. The Bertz CT molecular complexity index is 818. The summed E-state index contributed by atoms with van der Waals surface area (Å²) in [6.45, 7) is 3.89. The highest BCUT2D eigenvalue weighted by Gasteiger charge is 2.19. The second-order valence-electron chi connectivity index (χ2n) is 4.81. The van der Waals surface area contributed by atoms with Gasteiger partial charge in [-0.2, -0.15) is 0 Å². The van der Waals surface area contributed by atoms with E-state index in [9.17, 15) is 9.90 Å². The smallest absolute Gasteiger partial charge is 0.356 e. The van der Waals surface area contributed by atoms with Crippen LogP contribution in [0.1, 0.15) is 21.6 Å². The van der Waals surface area contributed by atoms with E-state index in [1.807, 2.05) is 60.8 Å². The van der Waals surface area contributed by atoms with Gasteiger partial charge in [-0.1, -0.05) is 30.3 Å². The topological polar surface area (TPSA) is 54.6 Å². The summed E-state index contributed by atoms with van der Waals surface area (Å²) in [5, 5.41) is 9.36. The van der Waals surface area contributed by atoms with Gasteiger partial charge < -0.3 is 5.11 Å². The lowest BCUT2D eigenvalue weighted by Crippen LogP contribution is -1.98. The fraction of sp³-hybridized carbons (Fsp3) is 0.125. The Labute approximate surface area is 116 Å². The number of aryl methyl sites for hydroxylation is 2. The lowest BCUT2D eigenvalue weighted by Gasteiger charge is -2.05. The molecule has 3 aromatic rings. The minimum Gasteiger partial charge on any atom is -0.476 e. The van der Waals surface area contributed by atoms with Crippen LogP contribution in [0.4, 0.5) is 0 Å². The molecule has 0 aliphatic heterocycles. The van der Waals surface area contributed by atoms with Crippen molar-refractivity contribution in [3.8, 4) is 11.4 Å². The maximum Gasteiger partial charge on any atom is 0.356 e. The molecule has 2 heterocycles. The van der Waals surface area contributed by atoms with Crippen LogP contribution in [-0.4, -0.2) is 20.5 Å². The highest BCUT2D eigenvalue weighted by molar-refractivity contribution is 5.96. The molecule has 4 nitrogen and oxygen atoms in total. The van der Waals surface area contributed by atoms with Gasteiger partial charge in [-0.3, -0.25) is 4.40 Å². The number of imidazole rings is 1. The van der Waals surface area contributed by atoms with E-state index in [0.29, 0.717) is 11.3 Å². The zero-order valence-corrected chi connectivity index (χ0v) is 11.3. The predicted octanol–water partition coefficient (Wildman–Crippen LogP) is 3.32. The van der Waals surface area contributed by atoms with E-state index in [0.717, 1.165) is 16.7 Å². The van der Waals surface area contributed by atoms with E-state index >= 15 is 0 Å². The van der Waals surface area contributed by atoms with Crippen LogP contribution in [0.15, 0.2) is 42.6 Å². The molecule has 0 fully saturated rings. The van der Waals surface area contributed by atoms with E-state index in [2.05, 4.69) is 4.98 Å². The van der Waals surface area contributed by atoms with Crippen LogP contribution in [0.25, 0.3) is 16.9 Å². The van der Waals surface area contributed by atoms with Crippen molar-refractivity contribution in [2.45, 2.75) is 13.8 Å². The van der Waals surface area contributed by atoms with Crippen molar-refractivity contribution in [1.29, 1.82) is 0 Å². The number of fused-ring (bicyclic) bond motifs is 1. The molecule has 4 heteroatoms. The lowest BCUT2D eigenvalue weighted by atomic mass is 10.1. The molecule has 1 aromatic carbocycles. The largest absolute Gasteiger partial charge is 0.476 e. The first-order valence-corrected chi connectivity index (χ1v) is 6.36. The van der Waals surface area contributed by atoms with Crippen molar-refractivity contribution < 1.29 is 9.90 Å². The van der Waals surface area contributed by atoms with Gasteiger partial charge in [-0.25, -0.2) is 9.78 Å². The molecule has 1 N–H and O–H groups in total. The van der Waals surface area contributed by atoms with Crippen LogP contribution < -0.4 is 0 Å². The number of carboxylic acids is 1. The van der Waals surface area contributed by atoms with E-state index in [4.69, 9.17) is 0 Å². The summed E-state index contributed by atoms with van der Waals surface area (Å²) in [7, 11) is 0. The Hall–Kier alpha value is -2.62. The number of aromatic nitrogens is 2. The standard InChI is InChI=1S/C16H14N2O2/c1-10-6-3-4-8-12(10)15-17-13(16(19)20)14-11(2)7-5-9-18(14)15/h3-9H,1-2H3,(H,19,20). The normalized spacial score (nSPS) is 10.9. The van der Waals surface area contributed by atoms with Gasteiger partial charge in [-0.05, 0) is 31.0 Å². The van der Waals surface area contributed by atoms with Crippen LogP contribution in [-0.2, 0) is 0 Å². The number of pyridine rings is 1. The minimum absolute atomic E-state index is 0.0985. The fourth-order valence-corrected chi connectivity index (χ4v) is 2.47. The van der Waals surface area contributed by atoms with Crippen LogP contribution in [0.5, 0.6) is 0 Å². The van der Waals surface area contributed by atoms with Crippen LogP contribution in [0.2, 0.25) is 0 Å². The maximum atomic E-state index is 11.4. The summed E-state index contributed by atoms with van der Waals surface area (Å²) in [5.41, 5.74) is 3.66. The average molecular weight is 266 g/mol. The fourth-order valence-electron chi connectivity index (χ4n) is 2.47. The van der Waals surface area contributed by atoms with Gasteiger partial charge in [0.05, 0.1) is 5.52 Å². The molecule has 0 aliphatic carbocycles. The Morgan fingerprint density at radius 2 is 1.80 bits per heavy atom. The highest BCUT2D eigenvalue weighted by Crippen LogP contribution is 2.27. The average Bonchev–Trinajstić information content (AvgIpc) is 2.80. The Morgan fingerprint density at radius 3 is 2.50 bits per heavy atom. The third kappa shape index (κ3) is 1.77. The van der Waals surface area contributed by atoms with Crippen molar-refractivity contribution in [1.82, 2.24) is 9.38 Å². The van der Waals surface area contributed by atoms with Gasteiger partial charge in [0, 0.05) is 11.8 Å². The zero-order chi connectivity index (χ0) is 14.3. The Balaban J connectivity index is 2.41. The number of hydrogen-bond donors (Lipinski definition) is 1. The predicted molar refractivity (Wildman–Crippen MR) is 77.1 cm³/mol. The molecule has 3 rings (SSSR count). The van der Waals surface area contributed by atoms with Gasteiger partial charge in [-0.15, -0.1) is 0 Å². The van der Waals surface area contributed by atoms with Gasteiger partial charge in [0.25, 0.3) is 0 Å². The lowest BCUT2D eigenvalue weighted by molar-refractivity contribution is 0.0693. The monoisotopic (exact) mass is 266 g/mol. The maximum absolute atomic E-state index is 11.4. The van der Waals surface area contributed by atoms with E-state index < -0.39 is 5.97 Å². The van der Waals surface area contributed by atoms with Crippen molar-refractivity contribution in [3.05, 3.63) is 59.4 Å². The molecule has 0 amide bonds. The molecule has 0 unspecified atom stereocenters. The SMILES string of the molecule is Cc1ccccc1-c1nc(C(=O)O)c2c(C)cccn12. The summed E-state index contributed by atoms with van der Waals surface area (Å²) < 4.78 is 1.85. The summed E-state index contributed by atoms with van der Waals surface area (Å²) in [6, 6.07) is 11.6. The summed E-state index contributed by atoms with van der Waals surface area (Å²) in [5.74, 6) is -0.337. The van der Waals surface area contributed by atoms with Gasteiger partial charge in [0.1, 0.15) is 5.82 Å². The number of rotatable bonds is 2. The first kappa shape index (κ1) is 12.4. The molecule has 0 aliphatic rings. The van der Waals surface area contributed by atoms with Crippen molar-refractivity contribution in [3.63, 3.8) is 0 Å². The Morgan fingerprint density at radius 1 is 1.10 bits per heavy atom. The molecular formula is C16H14N2O2. The van der Waals surface area contributed by atoms with Crippen molar-refractivity contribution >= 4 is 11.5 Å². The molecule has 0 spiro atoms. The Kier molecular flexibility index (Phi) is 2.79. The van der Waals surface area contributed by atoms with E-state index in [1.54, 1.807) is 0 Å². The van der Waals surface area contributed by atoms with Gasteiger partial charge >= 0.3 is 5.97 Å². The second kappa shape index (κ2) is 4.49. The third-order valence-electron chi connectivity index (χ3n) is 3.45. The number of nitrogens with zero attached hydrogens (tertiary/aromatic N) is 2. The first-order valence-electron chi connectivity index (χ1n) is 6.36. The van der Waals surface area contributed by atoms with Crippen LogP contribution in [0.3, 0.4) is 0 Å². The van der Waals surface area contributed by atoms with E-state index in [1.165, 1.54) is 0 Å². The molecule has 0 bridgehead atoms. The summed E-state index contributed by atoms with van der Waals surface area (Å²) in [4.78, 5) is 15.8. The molecule has 20 heavy (non-hydrogen) atoms.